The lowest BCUT2D eigenvalue weighted by Gasteiger charge is -2.32. The first-order chi connectivity index (χ1) is 12.6. The molecule has 3 rings (SSSR count). The standard InChI is InChI=1S/C21H25NO3S/c1-25-20-10-5-15(12-19(20)23)13-22-11-3-4-17(14-22)21(24)16-6-8-18(26-2)9-7-16/h5-10,12,17,23H,3-4,11,13-14H2,1-2H3/t17-/m1/s1. The summed E-state index contributed by atoms with van der Waals surface area (Å²) in [6, 6.07) is 13.4. The molecule has 0 unspecified atom stereocenters. The number of rotatable bonds is 6. The fourth-order valence-electron chi connectivity index (χ4n) is 3.50. The van der Waals surface area contributed by atoms with Crippen LogP contribution in [0.25, 0.3) is 0 Å². The maximum Gasteiger partial charge on any atom is 0.167 e. The van der Waals surface area contributed by atoms with Crippen LogP contribution in [0.1, 0.15) is 28.8 Å². The smallest absolute Gasteiger partial charge is 0.167 e. The predicted molar refractivity (Wildman–Crippen MR) is 105 cm³/mol. The molecule has 0 spiro atoms. The maximum atomic E-state index is 12.8. The number of methoxy groups -OCH3 is 1. The third-order valence-electron chi connectivity index (χ3n) is 4.90. The lowest BCUT2D eigenvalue weighted by molar-refractivity contribution is 0.0811. The van der Waals surface area contributed by atoms with Crippen molar-refractivity contribution >= 4 is 17.5 Å². The van der Waals surface area contributed by atoms with Gasteiger partial charge in [-0.15, -0.1) is 11.8 Å². The summed E-state index contributed by atoms with van der Waals surface area (Å²) in [6.45, 7) is 2.46. The molecule has 1 heterocycles. The molecule has 1 atom stereocenters. The minimum atomic E-state index is 0.0377. The number of Topliss-reactive ketones (excluding diaryl/α,β-unsaturated/α-hetero) is 1. The van der Waals surface area contributed by atoms with E-state index in [1.165, 1.54) is 4.90 Å². The van der Waals surface area contributed by atoms with Gasteiger partial charge >= 0.3 is 0 Å². The Morgan fingerprint density at radius 1 is 1.27 bits per heavy atom. The van der Waals surface area contributed by atoms with Gasteiger partial charge in [-0.1, -0.05) is 18.2 Å². The molecule has 5 heteroatoms. The molecule has 1 aliphatic rings. The molecule has 1 N–H and O–H groups in total. The van der Waals surface area contributed by atoms with Crippen LogP contribution in [-0.4, -0.2) is 42.2 Å². The van der Waals surface area contributed by atoms with E-state index in [1.807, 2.05) is 36.6 Å². The molecule has 1 saturated heterocycles. The number of likely N-dealkylation sites (tertiary alicyclic amines) is 1. The summed E-state index contributed by atoms with van der Waals surface area (Å²) in [5.74, 6) is 0.910. The zero-order valence-electron chi connectivity index (χ0n) is 15.3. The third kappa shape index (κ3) is 4.40. The Hall–Kier alpha value is -1.98. The van der Waals surface area contributed by atoms with E-state index in [-0.39, 0.29) is 17.5 Å². The van der Waals surface area contributed by atoms with Crippen LogP contribution in [0.15, 0.2) is 47.4 Å². The number of aromatic hydroxyl groups is 1. The van der Waals surface area contributed by atoms with Gasteiger partial charge in [0.05, 0.1) is 7.11 Å². The normalized spacial score (nSPS) is 17.8. The average molecular weight is 372 g/mol. The zero-order chi connectivity index (χ0) is 18.5. The molecule has 1 aliphatic heterocycles. The third-order valence-corrected chi connectivity index (χ3v) is 5.64. The molecule has 0 radical (unpaired) electrons. The summed E-state index contributed by atoms with van der Waals surface area (Å²) in [7, 11) is 1.54. The lowest BCUT2D eigenvalue weighted by Crippen LogP contribution is -2.38. The van der Waals surface area contributed by atoms with Crippen LogP contribution >= 0.6 is 11.8 Å². The van der Waals surface area contributed by atoms with E-state index in [0.29, 0.717) is 5.75 Å². The number of carbonyl (C=O) groups is 1. The van der Waals surface area contributed by atoms with Crippen molar-refractivity contribution in [1.82, 2.24) is 4.90 Å². The number of thioether (sulfide) groups is 1. The van der Waals surface area contributed by atoms with E-state index < -0.39 is 0 Å². The van der Waals surface area contributed by atoms with Crippen LogP contribution in [0, 0.1) is 5.92 Å². The number of phenolic OH excluding ortho intramolecular Hbond substituents is 1. The van der Waals surface area contributed by atoms with Gasteiger partial charge in [0, 0.05) is 29.5 Å². The maximum absolute atomic E-state index is 12.8. The number of ketones is 1. The highest BCUT2D eigenvalue weighted by molar-refractivity contribution is 7.98. The fourth-order valence-corrected chi connectivity index (χ4v) is 3.90. The Labute approximate surface area is 159 Å². The van der Waals surface area contributed by atoms with Crippen LogP contribution in [-0.2, 0) is 6.54 Å². The zero-order valence-corrected chi connectivity index (χ0v) is 16.1. The number of hydrogen-bond donors (Lipinski definition) is 1. The summed E-state index contributed by atoms with van der Waals surface area (Å²) in [5, 5.41) is 9.95. The van der Waals surface area contributed by atoms with E-state index >= 15 is 0 Å². The molecular weight excluding hydrogens is 346 g/mol. The van der Waals surface area contributed by atoms with Gasteiger partial charge in [0.25, 0.3) is 0 Å². The van der Waals surface area contributed by atoms with Crippen LogP contribution in [0.5, 0.6) is 11.5 Å². The Kier molecular flexibility index (Phi) is 6.22. The number of hydrogen-bond acceptors (Lipinski definition) is 5. The second kappa shape index (κ2) is 8.60. The van der Waals surface area contributed by atoms with Crippen LogP contribution in [0.3, 0.4) is 0 Å². The van der Waals surface area contributed by atoms with Crippen molar-refractivity contribution in [3.63, 3.8) is 0 Å². The van der Waals surface area contributed by atoms with Gasteiger partial charge in [0.15, 0.2) is 17.3 Å². The minimum absolute atomic E-state index is 0.0377. The Morgan fingerprint density at radius 3 is 2.69 bits per heavy atom. The monoisotopic (exact) mass is 371 g/mol. The van der Waals surface area contributed by atoms with Gasteiger partial charge in [0.2, 0.25) is 0 Å². The summed E-state index contributed by atoms with van der Waals surface area (Å²) in [6.07, 6.45) is 3.99. The molecule has 2 aromatic carbocycles. The summed E-state index contributed by atoms with van der Waals surface area (Å²) in [4.78, 5) is 16.3. The molecular formula is C21H25NO3S. The SMILES string of the molecule is COc1ccc(CN2CCC[C@@H](C(=O)c3ccc(SC)cc3)C2)cc1O. The first-order valence-corrected chi connectivity index (χ1v) is 10.1. The van der Waals surface area contributed by atoms with Gasteiger partial charge < -0.3 is 9.84 Å². The Bertz CT molecular complexity index is 760. The molecule has 4 nitrogen and oxygen atoms in total. The van der Waals surface area contributed by atoms with E-state index in [4.69, 9.17) is 4.74 Å². The molecule has 0 aliphatic carbocycles. The molecule has 0 amide bonds. The van der Waals surface area contributed by atoms with Crippen molar-refractivity contribution in [2.24, 2.45) is 5.92 Å². The first kappa shape index (κ1) is 18.8. The van der Waals surface area contributed by atoms with Crippen molar-refractivity contribution in [2.75, 3.05) is 26.5 Å². The van der Waals surface area contributed by atoms with Crippen molar-refractivity contribution in [3.8, 4) is 11.5 Å². The van der Waals surface area contributed by atoms with Gasteiger partial charge in [-0.2, -0.15) is 0 Å². The van der Waals surface area contributed by atoms with E-state index in [9.17, 15) is 9.90 Å². The van der Waals surface area contributed by atoms with E-state index in [2.05, 4.69) is 4.90 Å². The number of piperidine rings is 1. The van der Waals surface area contributed by atoms with Crippen molar-refractivity contribution in [2.45, 2.75) is 24.3 Å². The topological polar surface area (TPSA) is 49.8 Å². The first-order valence-electron chi connectivity index (χ1n) is 8.87. The van der Waals surface area contributed by atoms with E-state index in [1.54, 1.807) is 31.0 Å². The molecule has 138 valence electrons. The van der Waals surface area contributed by atoms with Crippen molar-refractivity contribution in [3.05, 3.63) is 53.6 Å². The summed E-state index contributed by atoms with van der Waals surface area (Å²) < 4.78 is 5.09. The number of phenols is 1. The highest BCUT2D eigenvalue weighted by Crippen LogP contribution is 2.28. The largest absolute Gasteiger partial charge is 0.504 e. The summed E-state index contributed by atoms with van der Waals surface area (Å²) in [5.41, 5.74) is 1.83. The highest BCUT2D eigenvalue weighted by atomic mass is 32.2. The van der Waals surface area contributed by atoms with Gasteiger partial charge in [-0.25, -0.2) is 0 Å². The second-order valence-corrected chi connectivity index (χ2v) is 7.55. The van der Waals surface area contributed by atoms with Crippen LogP contribution < -0.4 is 4.74 Å². The van der Waals surface area contributed by atoms with Crippen LogP contribution in [0.2, 0.25) is 0 Å². The Balaban J connectivity index is 1.64. The molecule has 2 aromatic rings. The Morgan fingerprint density at radius 2 is 2.04 bits per heavy atom. The highest BCUT2D eigenvalue weighted by Gasteiger charge is 2.26. The quantitative estimate of drug-likeness (QED) is 0.609. The van der Waals surface area contributed by atoms with Crippen molar-refractivity contribution in [1.29, 1.82) is 0 Å². The van der Waals surface area contributed by atoms with Crippen molar-refractivity contribution < 1.29 is 14.6 Å². The molecule has 1 fully saturated rings. The van der Waals surface area contributed by atoms with Gasteiger partial charge in [-0.05, 0) is 55.5 Å². The molecule has 0 aromatic heterocycles. The number of carbonyl (C=O) groups excluding carboxylic acids is 1. The predicted octanol–water partition coefficient (Wildman–Crippen LogP) is 4.22. The molecule has 0 saturated carbocycles. The number of ether oxygens (including phenoxy) is 1. The molecule has 26 heavy (non-hydrogen) atoms. The lowest BCUT2D eigenvalue weighted by atomic mass is 9.90. The fraction of sp³-hybridized carbons (Fsp3) is 0.381. The van der Waals surface area contributed by atoms with Gasteiger partial charge in [0.1, 0.15) is 0 Å². The average Bonchev–Trinajstić information content (AvgIpc) is 2.68. The second-order valence-electron chi connectivity index (χ2n) is 6.67. The number of nitrogens with zero attached hydrogens (tertiary/aromatic N) is 1. The van der Waals surface area contributed by atoms with Crippen LogP contribution in [0.4, 0.5) is 0 Å². The summed E-state index contributed by atoms with van der Waals surface area (Å²) >= 11 is 1.68. The number of benzene rings is 2. The van der Waals surface area contributed by atoms with Gasteiger partial charge in [-0.3, -0.25) is 9.69 Å². The molecule has 0 bridgehead atoms. The minimum Gasteiger partial charge on any atom is -0.504 e. The van der Waals surface area contributed by atoms with E-state index in [0.717, 1.165) is 43.6 Å².